The molecule has 0 N–H and O–H groups in total. The van der Waals surface area contributed by atoms with Crippen molar-refractivity contribution in [2.75, 3.05) is 0 Å². The molecule has 0 unspecified atom stereocenters. The van der Waals surface area contributed by atoms with Gasteiger partial charge in [0.15, 0.2) is 5.58 Å². The predicted octanol–water partition coefficient (Wildman–Crippen LogP) is 2.39. The summed E-state index contributed by atoms with van der Waals surface area (Å²) in [6.45, 7) is 0. The van der Waals surface area contributed by atoms with Gasteiger partial charge in [-0.2, -0.15) is 0 Å². The normalized spacial score (nSPS) is 11.6. The van der Waals surface area contributed by atoms with Crippen molar-refractivity contribution in [2.45, 2.75) is 0 Å². The van der Waals surface area contributed by atoms with Gasteiger partial charge in [-0.3, -0.25) is 4.98 Å². The Balaban J connectivity index is 2.37. The molecule has 0 saturated carbocycles. The van der Waals surface area contributed by atoms with E-state index in [4.69, 9.17) is 4.42 Å². The minimum atomic E-state index is 0.849. The quantitative estimate of drug-likeness (QED) is 0.434. The van der Waals surface area contributed by atoms with E-state index >= 15 is 0 Å². The molecule has 2 nitrogen and oxygen atoms in total. The van der Waals surface area contributed by atoms with Crippen molar-refractivity contribution in [3.8, 4) is 0 Å². The maximum absolute atomic E-state index is 5.84. The average Bonchev–Trinajstić information content (AvgIpc) is 2.77. The highest BCUT2D eigenvalue weighted by Gasteiger charge is 2.11. The third-order valence-corrected chi connectivity index (χ3v) is 3.47. The van der Waals surface area contributed by atoms with E-state index in [2.05, 4.69) is 37.1 Å². The average molecular weight is 231 g/mol. The van der Waals surface area contributed by atoms with Crippen LogP contribution >= 0.6 is 0 Å². The Morgan fingerprint density at radius 2 is 1.83 bits per heavy atom. The van der Waals surface area contributed by atoms with Gasteiger partial charge in [-0.15, -0.1) is 0 Å². The van der Waals surface area contributed by atoms with Crippen LogP contribution in [0, 0.1) is 0 Å². The van der Waals surface area contributed by atoms with Crippen molar-refractivity contribution in [3.05, 3.63) is 48.7 Å². The fourth-order valence-corrected chi connectivity index (χ4v) is 2.60. The van der Waals surface area contributed by atoms with Crippen LogP contribution in [0.4, 0.5) is 0 Å². The lowest BCUT2D eigenvalue weighted by Crippen LogP contribution is -2.02. The van der Waals surface area contributed by atoms with Crippen LogP contribution in [-0.4, -0.2) is 12.8 Å². The molecule has 0 aliphatic heterocycles. The van der Waals surface area contributed by atoms with Crippen LogP contribution in [0.3, 0.4) is 0 Å². The first-order chi connectivity index (χ1) is 8.84. The van der Waals surface area contributed by atoms with E-state index in [-0.39, 0.29) is 0 Å². The Morgan fingerprint density at radius 3 is 2.78 bits per heavy atom. The fourth-order valence-electron chi connectivity index (χ4n) is 2.60. The summed E-state index contributed by atoms with van der Waals surface area (Å²) in [5.74, 6) is 0. The second-order valence-electron chi connectivity index (χ2n) is 4.56. The zero-order chi connectivity index (χ0) is 12.1. The molecular weight excluding hydrogens is 221 g/mol. The van der Waals surface area contributed by atoms with Crippen LogP contribution in [0.1, 0.15) is 0 Å². The molecule has 84 valence electrons. The highest BCUT2D eigenvalue weighted by atomic mass is 16.3. The van der Waals surface area contributed by atoms with Crippen LogP contribution in [0.5, 0.6) is 0 Å². The number of hydrogen-bond donors (Lipinski definition) is 0. The monoisotopic (exact) mass is 231 g/mol. The summed E-state index contributed by atoms with van der Waals surface area (Å²) < 4.78 is 5.84. The van der Waals surface area contributed by atoms with Crippen LogP contribution < -0.4 is 5.46 Å². The van der Waals surface area contributed by atoms with Gasteiger partial charge in [-0.05, 0) is 29.0 Å². The molecule has 0 radical (unpaired) electrons. The van der Waals surface area contributed by atoms with Crippen LogP contribution in [-0.2, 0) is 0 Å². The van der Waals surface area contributed by atoms with Crippen LogP contribution in [0.15, 0.2) is 53.1 Å². The Hall–Kier alpha value is -2.29. The lowest BCUT2D eigenvalue weighted by molar-refractivity contribution is 0.668. The van der Waals surface area contributed by atoms with Gasteiger partial charge in [0, 0.05) is 6.20 Å². The SMILES string of the molecule is Bc1cccc2c1ccc1oc3cccnc3c12. The molecule has 4 rings (SSSR count). The summed E-state index contributed by atoms with van der Waals surface area (Å²) in [6, 6.07) is 14.4. The molecular formula is C15H10BNO. The summed E-state index contributed by atoms with van der Waals surface area (Å²) in [4.78, 5) is 4.46. The first kappa shape index (κ1) is 9.72. The van der Waals surface area contributed by atoms with E-state index in [0.29, 0.717) is 0 Å². The molecule has 18 heavy (non-hydrogen) atoms. The number of aromatic nitrogens is 1. The Bertz CT molecular complexity index is 895. The lowest BCUT2D eigenvalue weighted by Gasteiger charge is -2.02. The smallest absolute Gasteiger partial charge is 0.153 e. The van der Waals surface area contributed by atoms with Gasteiger partial charge in [0.05, 0.1) is 5.39 Å². The standard InChI is InChI=1S/C15H10BNO/c16-11-4-1-3-10-9(11)6-7-12-14(10)15-13(18-12)5-2-8-17-15/h1-8H,16H2. The molecule has 0 amide bonds. The van der Waals surface area contributed by atoms with E-state index in [9.17, 15) is 0 Å². The summed E-state index contributed by atoms with van der Waals surface area (Å²) in [7, 11) is 2.13. The number of nitrogens with zero attached hydrogens (tertiary/aromatic N) is 1. The summed E-state index contributed by atoms with van der Waals surface area (Å²) in [5.41, 5.74) is 3.98. The molecule has 0 bridgehead atoms. The van der Waals surface area contributed by atoms with Gasteiger partial charge < -0.3 is 4.42 Å². The van der Waals surface area contributed by atoms with E-state index < -0.39 is 0 Å². The fraction of sp³-hybridized carbons (Fsp3) is 0. The Morgan fingerprint density at radius 1 is 0.889 bits per heavy atom. The van der Waals surface area contributed by atoms with E-state index in [0.717, 1.165) is 22.1 Å². The van der Waals surface area contributed by atoms with Gasteiger partial charge in [0.2, 0.25) is 0 Å². The lowest BCUT2D eigenvalue weighted by atomic mass is 9.89. The molecule has 0 aliphatic rings. The first-order valence-corrected chi connectivity index (χ1v) is 6.00. The van der Waals surface area contributed by atoms with Crippen molar-refractivity contribution in [2.24, 2.45) is 0 Å². The molecule has 0 saturated heterocycles. The minimum absolute atomic E-state index is 0.849. The number of fused-ring (bicyclic) bond motifs is 5. The van der Waals surface area contributed by atoms with Crippen LogP contribution in [0.2, 0.25) is 0 Å². The van der Waals surface area contributed by atoms with Crippen molar-refractivity contribution in [1.82, 2.24) is 4.98 Å². The highest BCUT2D eigenvalue weighted by molar-refractivity contribution is 6.40. The molecule has 0 atom stereocenters. The number of furan rings is 1. The molecule has 0 spiro atoms. The summed E-state index contributed by atoms with van der Waals surface area (Å²) >= 11 is 0. The van der Waals surface area contributed by atoms with Gasteiger partial charge >= 0.3 is 0 Å². The number of benzene rings is 2. The van der Waals surface area contributed by atoms with Gasteiger partial charge in [0.1, 0.15) is 18.9 Å². The Labute approximate surface area is 105 Å². The molecule has 0 aliphatic carbocycles. The summed E-state index contributed by atoms with van der Waals surface area (Å²) in [6.07, 6.45) is 1.81. The molecule has 3 heteroatoms. The topological polar surface area (TPSA) is 26.0 Å². The van der Waals surface area contributed by atoms with Gasteiger partial charge in [0.25, 0.3) is 0 Å². The van der Waals surface area contributed by atoms with Crippen molar-refractivity contribution in [3.63, 3.8) is 0 Å². The zero-order valence-electron chi connectivity index (χ0n) is 9.97. The first-order valence-electron chi connectivity index (χ1n) is 6.00. The molecule has 0 fully saturated rings. The summed E-state index contributed by atoms with van der Waals surface area (Å²) in [5, 5.41) is 3.59. The largest absolute Gasteiger partial charge is 0.454 e. The third kappa shape index (κ3) is 1.16. The maximum Gasteiger partial charge on any atom is 0.153 e. The number of pyridine rings is 1. The van der Waals surface area contributed by atoms with Crippen molar-refractivity contribution >= 4 is 46.2 Å². The van der Waals surface area contributed by atoms with Crippen molar-refractivity contribution < 1.29 is 4.42 Å². The number of hydrogen-bond acceptors (Lipinski definition) is 2. The van der Waals surface area contributed by atoms with Crippen molar-refractivity contribution in [1.29, 1.82) is 0 Å². The molecule has 2 heterocycles. The minimum Gasteiger partial charge on any atom is -0.454 e. The van der Waals surface area contributed by atoms with Gasteiger partial charge in [-0.1, -0.05) is 29.7 Å². The van der Waals surface area contributed by atoms with E-state index in [1.165, 1.54) is 16.2 Å². The molecule has 4 aromatic rings. The maximum atomic E-state index is 5.84. The third-order valence-electron chi connectivity index (χ3n) is 3.47. The van der Waals surface area contributed by atoms with Crippen LogP contribution in [0.25, 0.3) is 32.8 Å². The predicted molar refractivity (Wildman–Crippen MR) is 77.2 cm³/mol. The molecule has 2 aromatic heterocycles. The second-order valence-corrected chi connectivity index (χ2v) is 4.56. The Kier molecular flexibility index (Phi) is 1.81. The number of rotatable bonds is 0. The van der Waals surface area contributed by atoms with E-state index in [1.54, 1.807) is 0 Å². The van der Waals surface area contributed by atoms with Gasteiger partial charge in [-0.25, -0.2) is 0 Å². The molecule has 2 aromatic carbocycles. The highest BCUT2D eigenvalue weighted by Crippen LogP contribution is 2.32. The van der Waals surface area contributed by atoms with E-state index in [1.807, 2.05) is 24.4 Å². The second kappa shape index (κ2) is 3.36. The zero-order valence-corrected chi connectivity index (χ0v) is 9.97.